The van der Waals surface area contributed by atoms with Crippen LogP contribution in [0.5, 0.6) is 0 Å². The third-order valence-electron chi connectivity index (χ3n) is 1.90. The van der Waals surface area contributed by atoms with Gasteiger partial charge in [-0.15, -0.1) is 0 Å². The van der Waals surface area contributed by atoms with Crippen molar-refractivity contribution in [2.24, 2.45) is 5.84 Å². The van der Waals surface area contributed by atoms with Crippen molar-refractivity contribution in [3.8, 4) is 0 Å². The van der Waals surface area contributed by atoms with Gasteiger partial charge in [-0.2, -0.15) is 4.98 Å². The zero-order valence-electron chi connectivity index (χ0n) is 8.31. The summed E-state index contributed by atoms with van der Waals surface area (Å²) in [6.45, 7) is 0. The fraction of sp³-hybridized carbons (Fsp3) is 0. The van der Waals surface area contributed by atoms with Crippen molar-refractivity contribution in [1.82, 2.24) is 9.97 Å². The molecule has 1 heterocycles. The molecule has 0 amide bonds. The second kappa shape index (κ2) is 4.78. The number of nitrogen functional groups attached to an aromatic ring is 1. The standard InChI is InChI=1S/C10H10ClN5/c11-7-1-3-8(4-2-7)14-10-13-6-5-9(15-10)16-12/h1-6H,12H2,(H2,13,14,15,16). The molecule has 0 aliphatic heterocycles. The summed E-state index contributed by atoms with van der Waals surface area (Å²) in [7, 11) is 0. The second-order valence-electron chi connectivity index (χ2n) is 3.04. The first-order valence-electron chi connectivity index (χ1n) is 4.60. The number of nitrogens with two attached hydrogens (primary N) is 1. The summed E-state index contributed by atoms with van der Waals surface area (Å²) in [6, 6.07) is 8.93. The Morgan fingerprint density at radius 1 is 1.12 bits per heavy atom. The van der Waals surface area contributed by atoms with Gasteiger partial charge in [-0.05, 0) is 24.3 Å². The third-order valence-corrected chi connectivity index (χ3v) is 2.16. The van der Waals surface area contributed by atoms with Gasteiger partial charge < -0.3 is 10.7 Å². The van der Waals surface area contributed by atoms with Crippen molar-refractivity contribution in [1.29, 1.82) is 0 Å². The van der Waals surface area contributed by atoms with Crippen molar-refractivity contribution in [3.05, 3.63) is 41.6 Å². The van der Waals surface area contributed by atoms with Crippen LogP contribution in [0.3, 0.4) is 0 Å². The fourth-order valence-electron chi connectivity index (χ4n) is 1.16. The number of nitrogens with zero attached hydrogens (tertiary/aromatic N) is 2. The van der Waals surface area contributed by atoms with Gasteiger partial charge in [0.15, 0.2) is 0 Å². The number of hydrazine groups is 1. The van der Waals surface area contributed by atoms with Gasteiger partial charge in [-0.1, -0.05) is 11.6 Å². The van der Waals surface area contributed by atoms with Crippen molar-refractivity contribution in [2.75, 3.05) is 10.7 Å². The Hall–Kier alpha value is -1.85. The Kier molecular flexibility index (Phi) is 3.19. The van der Waals surface area contributed by atoms with Gasteiger partial charge in [0.25, 0.3) is 0 Å². The molecule has 0 spiro atoms. The summed E-state index contributed by atoms with van der Waals surface area (Å²) < 4.78 is 0. The lowest BCUT2D eigenvalue weighted by Crippen LogP contribution is -2.09. The molecule has 0 unspecified atom stereocenters. The van der Waals surface area contributed by atoms with E-state index in [4.69, 9.17) is 17.4 Å². The highest BCUT2D eigenvalue weighted by molar-refractivity contribution is 6.30. The summed E-state index contributed by atoms with van der Waals surface area (Å²) in [5.74, 6) is 6.26. The summed E-state index contributed by atoms with van der Waals surface area (Å²) in [5.41, 5.74) is 3.31. The number of nitrogens with one attached hydrogen (secondary N) is 2. The highest BCUT2D eigenvalue weighted by atomic mass is 35.5. The SMILES string of the molecule is NNc1ccnc(Nc2ccc(Cl)cc2)n1. The van der Waals surface area contributed by atoms with Gasteiger partial charge in [-0.25, -0.2) is 10.8 Å². The number of benzene rings is 1. The number of halogens is 1. The largest absolute Gasteiger partial charge is 0.324 e. The summed E-state index contributed by atoms with van der Waals surface area (Å²) in [4.78, 5) is 8.17. The van der Waals surface area contributed by atoms with Gasteiger partial charge in [0.1, 0.15) is 5.82 Å². The lowest BCUT2D eigenvalue weighted by atomic mass is 10.3. The highest BCUT2D eigenvalue weighted by Gasteiger charge is 1.98. The molecule has 0 aliphatic carbocycles. The van der Waals surface area contributed by atoms with E-state index in [0.29, 0.717) is 16.8 Å². The molecule has 0 fully saturated rings. The van der Waals surface area contributed by atoms with E-state index in [0.717, 1.165) is 5.69 Å². The molecule has 0 bridgehead atoms. The molecule has 0 saturated carbocycles. The smallest absolute Gasteiger partial charge is 0.229 e. The molecule has 0 saturated heterocycles. The second-order valence-corrected chi connectivity index (χ2v) is 3.48. The quantitative estimate of drug-likeness (QED) is 0.562. The minimum absolute atomic E-state index is 0.470. The molecule has 2 aromatic rings. The van der Waals surface area contributed by atoms with Crippen LogP contribution in [-0.4, -0.2) is 9.97 Å². The van der Waals surface area contributed by atoms with E-state index in [-0.39, 0.29) is 0 Å². The molecule has 1 aromatic heterocycles. The minimum Gasteiger partial charge on any atom is -0.324 e. The maximum absolute atomic E-state index is 5.78. The van der Waals surface area contributed by atoms with E-state index < -0.39 is 0 Å². The Labute approximate surface area is 97.6 Å². The van der Waals surface area contributed by atoms with Gasteiger partial charge in [-0.3, -0.25) is 0 Å². The lowest BCUT2D eigenvalue weighted by Gasteiger charge is -2.05. The number of rotatable bonds is 3. The predicted molar refractivity (Wildman–Crippen MR) is 64.6 cm³/mol. The van der Waals surface area contributed by atoms with Crippen LogP contribution in [0.2, 0.25) is 5.02 Å². The molecule has 0 aliphatic rings. The van der Waals surface area contributed by atoms with Crippen molar-refractivity contribution in [2.45, 2.75) is 0 Å². The zero-order valence-corrected chi connectivity index (χ0v) is 9.07. The molecule has 4 N–H and O–H groups in total. The molecule has 0 atom stereocenters. The Balaban J connectivity index is 2.16. The van der Waals surface area contributed by atoms with Crippen molar-refractivity contribution < 1.29 is 0 Å². The van der Waals surface area contributed by atoms with Gasteiger partial charge in [0, 0.05) is 23.0 Å². The van der Waals surface area contributed by atoms with Crippen LogP contribution >= 0.6 is 11.6 Å². The van der Waals surface area contributed by atoms with Crippen LogP contribution in [0.25, 0.3) is 0 Å². The minimum atomic E-state index is 0.470. The highest BCUT2D eigenvalue weighted by Crippen LogP contribution is 2.16. The van der Waals surface area contributed by atoms with Gasteiger partial charge in [0.2, 0.25) is 5.95 Å². The zero-order chi connectivity index (χ0) is 11.4. The topological polar surface area (TPSA) is 75.9 Å². The van der Waals surface area contributed by atoms with Crippen LogP contribution < -0.4 is 16.6 Å². The van der Waals surface area contributed by atoms with Gasteiger partial charge >= 0.3 is 0 Å². The molecule has 82 valence electrons. The molecule has 16 heavy (non-hydrogen) atoms. The van der Waals surface area contributed by atoms with E-state index in [1.165, 1.54) is 0 Å². The molecule has 0 radical (unpaired) electrons. The van der Waals surface area contributed by atoms with Crippen LogP contribution in [0, 0.1) is 0 Å². The van der Waals surface area contributed by atoms with Crippen molar-refractivity contribution in [3.63, 3.8) is 0 Å². The first-order chi connectivity index (χ1) is 7.78. The first kappa shape index (κ1) is 10.7. The number of aromatic nitrogens is 2. The summed E-state index contributed by atoms with van der Waals surface area (Å²) >= 11 is 5.78. The fourth-order valence-corrected chi connectivity index (χ4v) is 1.29. The molecule has 6 heteroatoms. The average molecular weight is 236 g/mol. The summed E-state index contributed by atoms with van der Waals surface area (Å²) in [5, 5.41) is 3.71. The molecule has 5 nitrogen and oxygen atoms in total. The third kappa shape index (κ3) is 2.59. The van der Waals surface area contributed by atoms with E-state index in [1.54, 1.807) is 24.4 Å². The van der Waals surface area contributed by atoms with E-state index >= 15 is 0 Å². The van der Waals surface area contributed by atoms with E-state index in [1.807, 2.05) is 12.1 Å². The van der Waals surface area contributed by atoms with Crippen LogP contribution in [0.1, 0.15) is 0 Å². The van der Waals surface area contributed by atoms with Crippen LogP contribution in [0.4, 0.5) is 17.5 Å². The van der Waals surface area contributed by atoms with Crippen LogP contribution in [-0.2, 0) is 0 Å². The maximum atomic E-state index is 5.78. The first-order valence-corrected chi connectivity index (χ1v) is 4.98. The molecular formula is C10H10ClN5. The molecule has 1 aromatic carbocycles. The lowest BCUT2D eigenvalue weighted by molar-refractivity contribution is 1.14. The van der Waals surface area contributed by atoms with Crippen molar-refractivity contribution >= 4 is 29.1 Å². The number of hydrogen-bond donors (Lipinski definition) is 3. The van der Waals surface area contributed by atoms with E-state index in [2.05, 4.69) is 20.7 Å². The average Bonchev–Trinajstić information content (AvgIpc) is 2.32. The van der Waals surface area contributed by atoms with Crippen LogP contribution in [0.15, 0.2) is 36.5 Å². The monoisotopic (exact) mass is 235 g/mol. The molecule has 2 rings (SSSR count). The number of hydrogen-bond acceptors (Lipinski definition) is 5. The van der Waals surface area contributed by atoms with Gasteiger partial charge in [0.05, 0.1) is 0 Å². The Bertz CT molecular complexity index is 471. The maximum Gasteiger partial charge on any atom is 0.229 e. The predicted octanol–water partition coefficient (Wildman–Crippen LogP) is 2.16. The number of anilines is 3. The van der Waals surface area contributed by atoms with E-state index in [9.17, 15) is 0 Å². The normalized spacial score (nSPS) is 9.88. The molecular weight excluding hydrogens is 226 g/mol. The Morgan fingerprint density at radius 3 is 2.56 bits per heavy atom. The summed E-state index contributed by atoms with van der Waals surface area (Å²) in [6.07, 6.45) is 1.61. The Morgan fingerprint density at radius 2 is 1.88 bits per heavy atom.